The Morgan fingerprint density at radius 1 is 1.35 bits per heavy atom. The third-order valence-electron chi connectivity index (χ3n) is 2.86. The number of fused-ring (bicyclic) bond motifs is 1. The molecule has 0 unspecified atom stereocenters. The van der Waals surface area contributed by atoms with E-state index in [1.165, 1.54) is 0 Å². The molecule has 7 heteroatoms. The fraction of sp³-hybridized carbons (Fsp3) is 0.900. The van der Waals surface area contributed by atoms with Gasteiger partial charge in [0.1, 0.15) is 18.3 Å². The predicted octanol–water partition coefficient (Wildman–Crippen LogP) is -1.85. The first-order valence-corrected chi connectivity index (χ1v) is 5.39. The lowest BCUT2D eigenvalue weighted by Crippen LogP contribution is -2.46. The van der Waals surface area contributed by atoms with Crippen LogP contribution in [-0.2, 0) is 19.0 Å². The number of esters is 1. The zero-order valence-corrected chi connectivity index (χ0v) is 9.57. The fourth-order valence-electron chi connectivity index (χ4n) is 2.07. The highest BCUT2D eigenvalue weighted by Gasteiger charge is 2.58. The molecule has 3 N–H and O–H groups in total. The highest BCUT2D eigenvalue weighted by atomic mass is 16.8. The second kappa shape index (κ2) is 4.18. The number of carbonyl (C=O) groups excluding carboxylic acids is 1. The van der Waals surface area contributed by atoms with Crippen LogP contribution in [0.25, 0.3) is 0 Å². The minimum Gasteiger partial charge on any atom is -0.455 e. The van der Waals surface area contributed by atoms with Crippen molar-refractivity contribution in [2.45, 2.75) is 50.2 Å². The summed E-state index contributed by atoms with van der Waals surface area (Å²) in [6, 6.07) is 0. The third kappa shape index (κ3) is 2.16. The van der Waals surface area contributed by atoms with Crippen molar-refractivity contribution in [2.75, 3.05) is 6.61 Å². The van der Waals surface area contributed by atoms with Crippen LogP contribution in [-0.4, -0.2) is 64.2 Å². The minimum atomic E-state index is -1.41. The Morgan fingerprint density at radius 3 is 2.59 bits per heavy atom. The van der Waals surface area contributed by atoms with E-state index in [1.54, 1.807) is 13.8 Å². The number of aliphatic hydroxyl groups excluding tert-OH is 3. The van der Waals surface area contributed by atoms with Gasteiger partial charge in [0.25, 0.3) is 0 Å². The zero-order valence-electron chi connectivity index (χ0n) is 9.57. The lowest BCUT2D eigenvalue weighted by molar-refractivity contribution is -0.199. The fourth-order valence-corrected chi connectivity index (χ4v) is 2.07. The number of hydrogen-bond acceptors (Lipinski definition) is 7. The van der Waals surface area contributed by atoms with Gasteiger partial charge in [-0.1, -0.05) is 0 Å². The molecule has 0 aliphatic carbocycles. The smallest absolute Gasteiger partial charge is 0.338 e. The molecular weight excluding hydrogens is 232 g/mol. The Bertz CT molecular complexity index is 316. The van der Waals surface area contributed by atoms with Crippen molar-refractivity contribution in [3.05, 3.63) is 0 Å². The highest BCUT2D eigenvalue weighted by Crippen LogP contribution is 2.37. The van der Waals surface area contributed by atoms with Gasteiger partial charge in [-0.15, -0.1) is 0 Å². The number of carbonyl (C=O) groups is 1. The van der Waals surface area contributed by atoms with Gasteiger partial charge in [0.05, 0.1) is 6.61 Å². The summed E-state index contributed by atoms with van der Waals surface area (Å²) in [6.45, 7) is 2.66. The minimum absolute atomic E-state index is 0.628. The lowest BCUT2D eigenvalue weighted by atomic mass is 10.0. The van der Waals surface area contributed by atoms with E-state index in [0.717, 1.165) is 0 Å². The quantitative estimate of drug-likeness (QED) is 0.503. The van der Waals surface area contributed by atoms with Crippen LogP contribution in [0.15, 0.2) is 0 Å². The van der Waals surface area contributed by atoms with E-state index < -0.39 is 48.9 Å². The Morgan fingerprint density at radius 2 is 2.00 bits per heavy atom. The zero-order chi connectivity index (χ0) is 12.8. The van der Waals surface area contributed by atoms with Gasteiger partial charge in [-0.25, -0.2) is 4.79 Å². The molecule has 0 spiro atoms. The van der Waals surface area contributed by atoms with Crippen LogP contribution in [0.3, 0.4) is 0 Å². The summed E-state index contributed by atoms with van der Waals surface area (Å²) < 4.78 is 15.7. The molecule has 2 rings (SSSR count). The first-order valence-electron chi connectivity index (χ1n) is 5.39. The van der Waals surface area contributed by atoms with Crippen LogP contribution in [0, 0.1) is 0 Å². The van der Waals surface area contributed by atoms with Crippen molar-refractivity contribution < 1.29 is 34.3 Å². The van der Waals surface area contributed by atoms with Crippen LogP contribution in [0.1, 0.15) is 13.8 Å². The van der Waals surface area contributed by atoms with E-state index in [2.05, 4.69) is 0 Å². The molecule has 98 valence electrons. The number of hydrogen-bond donors (Lipinski definition) is 3. The molecule has 0 saturated carbocycles. The molecular formula is C10H16O7. The first kappa shape index (κ1) is 12.7. The summed E-state index contributed by atoms with van der Waals surface area (Å²) in [6.07, 6.45) is -5.49. The van der Waals surface area contributed by atoms with E-state index in [-0.39, 0.29) is 0 Å². The van der Waals surface area contributed by atoms with Gasteiger partial charge in [-0.3, -0.25) is 0 Å². The van der Waals surface area contributed by atoms with E-state index in [4.69, 9.17) is 19.3 Å². The SMILES string of the molecule is CC1(C)O[C@H]2[C@H]([C@H](O)[C@@H](O)CO)OC(=O)[C@H]2O1. The van der Waals surface area contributed by atoms with E-state index in [1.807, 2.05) is 0 Å². The second-order valence-electron chi connectivity index (χ2n) is 4.66. The molecule has 2 aliphatic rings. The van der Waals surface area contributed by atoms with Crippen molar-refractivity contribution >= 4 is 5.97 Å². The summed E-state index contributed by atoms with van der Waals surface area (Å²) in [7, 11) is 0. The topological polar surface area (TPSA) is 105 Å². The summed E-state index contributed by atoms with van der Waals surface area (Å²) in [4.78, 5) is 11.5. The monoisotopic (exact) mass is 248 g/mol. The summed E-state index contributed by atoms with van der Waals surface area (Å²) in [5.74, 6) is -1.56. The maximum atomic E-state index is 11.5. The van der Waals surface area contributed by atoms with Gasteiger partial charge in [-0.05, 0) is 13.8 Å². The van der Waals surface area contributed by atoms with Crippen LogP contribution in [0.4, 0.5) is 0 Å². The molecule has 2 aliphatic heterocycles. The Kier molecular flexibility index (Phi) is 3.13. The molecule has 0 aromatic carbocycles. The molecule has 0 aromatic heterocycles. The molecule has 2 fully saturated rings. The van der Waals surface area contributed by atoms with Gasteiger partial charge >= 0.3 is 5.97 Å². The van der Waals surface area contributed by atoms with E-state index in [0.29, 0.717) is 0 Å². The number of rotatable bonds is 3. The molecule has 0 bridgehead atoms. The standard InChI is InChI=1S/C10H16O7/c1-10(2)16-7-6(5(13)4(12)3-11)15-9(14)8(7)17-10/h4-8,11-13H,3H2,1-2H3/t4-,5+,6-,7-,8-/m0/s1. The molecule has 2 saturated heterocycles. The van der Waals surface area contributed by atoms with Crippen molar-refractivity contribution in [2.24, 2.45) is 0 Å². The summed E-state index contributed by atoms with van der Waals surface area (Å²) in [5.41, 5.74) is 0. The average Bonchev–Trinajstić information content (AvgIpc) is 2.72. The van der Waals surface area contributed by atoms with Crippen LogP contribution >= 0.6 is 0 Å². The number of cyclic esters (lactones) is 1. The van der Waals surface area contributed by atoms with Gasteiger partial charge < -0.3 is 29.5 Å². The highest BCUT2D eigenvalue weighted by molar-refractivity contribution is 5.78. The summed E-state index contributed by atoms with van der Waals surface area (Å²) in [5, 5.41) is 27.8. The molecule has 7 nitrogen and oxygen atoms in total. The van der Waals surface area contributed by atoms with Gasteiger partial charge in [0, 0.05) is 0 Å². The van der Waals surface area contributed by atoms with Gasteiger partial charge in [-0.2, -0.15) is 0 Å². The second-order valence-corrected chi connectivity index (χ2v) is 4.66. The van der Waals surface area contributed by atoms with Crippen LogP contribution < -0.4 is 0 Å². The Labute approximate surface area is 97.9 Å². The molecule has 0 radical (unpaired) electrons. The third-order valence-corrected chi connectivity index (χ3v) is 2.86. The Balaban J connectivity index is 2.13. The molecule has 0 aromatic rings. The normalized spacial score (nSPS) is 38.6. The maximum absolute atomic E-state index is 11.5. The molecule has 0 amide bonds. The van der Waals surface area contributed by atoms with Crippen molar-refractivity contribution in [1.29, 1.82) is 0 Å². The maximum Gasteiger partial charge on any atom is 0.338 e. The van der Waals surface area contributed by atoms with E-state index in [9.17, 15) is 15.0 Å². The van der Waals surface area contributed by atoms with Crippen molar-refractivity contribution in [1.82, 2.24) is 0 Å². The van der Waals surface area contributed by atoms with Gasteiger partial charge in [0.15, 0.2) is 18.0 Å². The van der Waals surface area contributed by atoms with E-state index >= 15 is 0 Å². The largest absolute Gasteiger partial charge is 0.455 e. The number of ether oxygens (including phenoxy) is 3. The van der Waals surface area contributed by atoms with Crippen LogP contribution in [0.2, 0.25) is 0 Å². The number of aliphatic hydroxyl groups is 3. The average molecular weight is 248 g/mol. The van der Waals surface area contributed by atoms with Crippen molar-refractivity contribution in [3.63, 3.8) is 0 Å². The first-order chi connectivity index (χ1) is 7.85. The molecule has 5 atom stereocenters. The van der Waals surface area contributed by atoms with Gasteiger partial charge in [0.2, 0.25) is 0 Å². The van der Waals surface area contributed by atoms with Crippen LogP contribution in [0.5, 0.6) is 0 Å². The Hall–Kier alpha value is -0.730. The summed E-state index contributed by atoms with van der Waals surface area (Å²) >= 11 is 0. The van der Waals surface area contributed by atoms with Crippen molar-refractivity contribution in [3.8, 4) is 0 Å². The lowest BCUT2D eigenvalue weighted by Gasteiger charge is -2.26. The molecule has 2 heterocycles. The molecule has 17 heavy (non-hydrogen) atoms. The predicted molar refractivity (Wildman–Crippen MR) is 52.8 cm³/mol.